The molecule has 0 spiro atoms. The van der Waals surface area contributed by atoms with Crippen molar-refractivity contribution in [3.05, 3.63) is 63.6 Å². The van der Waals surface area contributed by atoms with Crippen molar-refractivity contribution in [2.75, 3.05) is 5.32 Å². The number of aryl methyl sites for hydroxylation is 1. The van der Waals surface area contributed by atoms with Crippen LogP contribution < -0.4 is 10.7 Å². The summed E-state index contributed by atoms with van der Waals surface area (Å²) in [6, 6.07) is 12.4. The van der Waals surface area contributed by atoms with Crippen LogP contribution in [-0.4, -0.2) is 18.0 Å². The number of carbonyl (C=O) groups is 2. The van der Waals surface area contributed by atoms with Crippen LogP contribution in [0.15, 0.2) is 52.0 Å². The number of hydrogen-bond donors (Lipinski definition) is 2. The van der Waals surface area contributed by atoms with Crippen LogP contribution in [0.2, 0.25) is 0 Å². The molecule has 0 unspecified atom stereocenters. The zero-order valence-corrected chi connectivity index (χ0v) is 14.3. The summed E-state index contributed by atoms with van der Waals surface area (Å²) in [7, 11) is 0. The van der Waals surface area contributed by atoms with Gasteiger partial charge < -0.3 is 5.32 Å². The summed E-state index contributed by atoms with van der Waals surface area (Å²) in [5.74, 6) is -0.537. The minimum absolute atomic E-state index is 0.189. The van der Waals surface area contributed by atoms with Crippen molar-refractivity contribution in [1.82, 2.24) is 5.43 Å². The second-order valence-electron chi connectivity index (χ2n) is 4.97. The number of anilines is 1. The normalized spacial score (nSPS) is 10.6. The summed E-state index contributed by atoms with van der Waals surface area (Å²) in [4.78, 5) is 23.1. The number of nitrogens with one attached hydrogen (secondary N) is 2. The third kappa shape index (κ3) is 5.03. The maximum absolute atomic E-state index is 12.0. The monoisotopic (exact) mass is 373 g/mol. The molecule has 0 aliphatic rings. The van der Waals surface area contributed by atoms with E-state index in [9.17, 15) is 9.59 Å². The fourth-order valence-corrected chi connectivity index (χ4v) is 2.26. The first-order valence-corrected chi connectivity index (χ1v) is 7.72. The lowest BCUT2D eigenvalue weighted by Gasteiger charge is -2.04. The quantitative estimate of drug-likeness (QED) is 0.636. The SMILES string of the molecule is CC(=O)Nc1cccc(C(=O)NN=Cc2ccc(C)c(Br)c2)c1. The Bertz CT molecular complexity index is 772. The van der Waals surface area contributed by atoms with Gasteiger partial charge in [-0.25, -0.2) is 5.43 Å². The van der Waals surface area contributed by atoms with E-state index in [1.165, 1.54) is 6.92 Å². The lowest BCUT2D eigenvalue weighted by molar-refractivity contribution is -0.114. The van der Waals surface area contributed by atoms with Crippen molar-refractivity contribution in [3.8, 4) is 0 Å². The second-order valence-corrected chi connectivity index (χ2v) is 5.82. The van der Waals surface area contributed by atoms with Crippen molar-refractivity contribution in [2.45, 2.75) is 13.8 Å². The highest BCUT2D eigenvalue weighted by Crippen LogP contribution is 2.16. The predicted octanol–water partition coefficient (Wildman–Crippen LogP) is 3.48. The molecule has 0 aliphatic heterocycles. The molecule has 6 heteroatoms. The molecule has 2 amide bonds. The fraction of sp³-hybridized carbons (Fsp3) is 0.118. The molecule has 23 heavy (non-hydrogen) atoms. The van der Waals surface area contributed by atoms with E-state index < -0.39 is 0 Å². The Morgan fingerprint density at radius 2 is 1.96 bits per heavy atom. The molecule has 0 heterocycles. The average molecular weight is 374 g/mol. The third-order valence-corrected chi connectivity index (χ3v) is 3.88. The fourth-order valence-electron chi connectivity index (χ4n) is 1.86. The van der Waals surface area contributed by atoms with E-state index in [2.05, 4.69) is 31.8 Å². The second kappa shape index (κ2) is 7.69. The first kappa shape index (κ1) is 16.9. The minimum Gasteiger partial charge on any atom is -0.326 e. The van der Waals surface area contributed by atoms with Crippen LogP contribution in [0.25, 0.3) is 0 Å². The number of rotatable bonds is 4. The molecule has 2 N–H and O–H groups in total. The molecule has 0 bridgehead atoms. The van der Waals surface area contributed by atoms with E-state index in [0.717, 1.165) is 15.6 Å². The van der Waals surface area contributed by atoms with Crippen LogP contribution in [0.1, 0.15) is 28.4 Å². The molecule has 0 saturated heterocycles. The molecule has 2 aromatic rings. The zero-order chi connectivity index (χ0) is 16.8. The van der Waals surface area contributed by atoms with E-state index in [-0.39, 0.29) is 11.8 Å². The first-order valence-electron chi connectivity index (χ1n) is 6.93. The van der Waals surface area contributed by atoms with Crippen molar-refractivity contribution in [3.63, 3.8) is 0 Å². The standard InChI is InChI=1S/C17H16BrN3O2/c1-11-6-7-13(8-16(11)18)10-19-21-17(23)14-4-3-5-15(9-14)20-12(2)22/h3-10H,1-2H3,(H,20,22)(H,21,23). The Morgan fingerprint density at radius 1 is 1.17 bits per heavy atom. The summed E-state index contributed by atoms with van der Waals surface area (Å²) in [5, 5.41) is 6.58. The van der Waals surface area contributed by atoms with Gasteiger partial charge in [-0.2, -0.15) is 5.10 Å². The van der Waals surface area contributed by atoms with Gasteiger partial charge in [0.1, 0.15) is 0 Å². The number of hydrogen-bond acceptors (Lipinski definition) is 3. The van der Waals surface area contributed by atoms with Gasteiger partial charge in [0.15, 0.2) is 0 Å². The van der Waals surface area contributed by atoms with Crippen molar-refractivity contribution in [1.29, 1.82) is 0 Å². The van der Waals surface area contributed by atoms with Gasteiger partial charge in [0, 0.05) is 22.6 Å². The predicted molar refractivity (Wildman–Crippen MR) is 94.7 cm³/mol. The highest BCUT2D eigenvalue weighted by molar-refractivity contribution is 9.10. The van der Waals surface area contributed by atoms with E-state index in [0.29, 0.717) is 11.3 Å². The highest BCUT2D eigenvalue weighted by Gasteiger charge is 2.05. The molecule has 2 rings (SSSR count). The van der Waals surface area contributed by atoms with E-state index in [1.54, 1.807) is 30.5 Å². The Kier molecular flexibility index (Phi) is 5.65. The van der Waals surface area contributed by atoms with Gasteiger partial charge in [-0.05, 0) is 42.3 Å². The Labute approximate surface area is 142 Å². The average Bonchev–Trinajstić information content (AvgIpc) is 2.50. The van der Waals surface area contributed by atoms with E-state index in [4.69, 9.17) is 0 Å². The summed E-state index contributed by atoms with van der Waals surface area (Å²) in [5.41, 5.74) is 5.44. The third-order valence-electron chi connectivity index (χ3n) is 3.02. The summed E-state index contributed by atoms with van der Waals surface area (Å²) < 4.78 is 0.982. The van der Waals surface area contributed by atoms with Crippen molar-refractivity contribution < 1.29 is 9.59 Å². The smallest absolute Gasteiger partial charge is 0.271 e. The van der Waals surface area contributed by atoms with Crippen LogP contribution in [0.5, 0.6) is 0 Å². The summed E-state index contributed by atoms with van der Waals surface area (Å²) in [6.45, 7) is 3.41. The first-order chi connectivity index (χ1) is 11.0. The van der Waals surface area contributed by atoms with Crippen LogP contribution in [0.3, 0.4) is 0 Å². The Balaban J connectivity index is 2.02. The molecule has 118 valence electrons. The largest absolute Gasteiger partial charge is 0.326 e. The summed E-state index contributed by atoms with van der Waals surface area (Å²) in [6.07, 6.45) is 1.57. The summed E-state index contributed by atoms with van der Waals surface area (Å²) >= 11 is 3.45. The van der Waals surface area contributed by atoms with Gasteiger partial charge >= 0.3 is 0 Å². The van der Waals surface area contributed by atoms with Crippen molar-refractivity contribution in [2.24, 2.45) is 5.10 Å². The van der Waals surface area contributed by atoms with Crippen LogP contribution in [0.4, 0.5) is 5.69 Å². The number of amides is 2. The van der Waals surface area contributed by atoms with Gasteiger partial charge in [0.05, 0.1) is 6.21 Å². The highest BCUT2D eigenvalue weighted by atomic mass is 79.9. The number of carbonyl (C=O) groups excluding carboxylic acids is 2. The molecule has 0 atom stereocenters. The Hall–Kier alpha value is -2.47. The molecule has 0 radical (unpaired) electrons. The number of halogens is 1. The van der Waals surface area contributed by atoms with E-state index >= 15 is 0 Å². The molecule has 0 aliphatic carbocycles. The number of benzene rings is 2. The van der Waals surface area contributed by atoms with Gasteiger partial charge in [-0.15, -0.1) is 0 Å². The zero-order valence-electron chi connectivity index (χ0n) is 12.8. The van der Waals surface area contributed by atoms with Crippen LogP contribution in [0, 0.1) is 6.92 Å². The molecular weight excluding hydrogens is 358 g/mol. The van der Waals surface area contributed by atoms with Gasteiger partial charge in [-0.1, -0.05) is 34.1 Å². The van der Waals surface area contributed by atoms with Gasteiger partial charge in [-0.3, -0.25) is 9.59 Å². The molecule has 0 saturated carbocycles. The maximum atomic E-state index is 12.0. The Morgan fingerprint density at radius 3 is 2.65 bits per heavy atom. The topological polar surface area (TPSA) is 70.6 Å². The lowest BCUT2D eigenvalue weighted by atomic mass is 10.2. The van der Waals surface area contributed by atoms with Gasteiger partial charge in [0.2, 0.25) is 5.91 Å². The van der Waals surface area contributed by atoms with Crippen LogP contribution >= 0.6 is 15.9 Å². The molecule has 0 aromatic heterocycles. The van der Waals surface area contributed by atoms with Crippen molar-refractivity contribution >= 4 is 39.6 Å². The van der Waals surface area contributed by atoms with Gasteiger partial charge in [0.25, 0.3) is 5.91 Å². The molecular formula is C17H16BrN3O2. The molecule has 0 fully saturated rings. The lowest BCUT2D eigenvalue weighted by Crippen LogP contribution is -2.18. The number of nitrogens with zero attached hydrogens (tertiary/aromatic N) is 1. The molecule has 5 nitrogen and oxygen atoms in total. The van der Waals surface area contributed by atoms with E-state index in [1.807, 2.05) is 25.1 Å². The minimum atomic E-state index is -0.348. The van der Waals surface area contributed by atoms with Crippen LogP contribution in [-0.2, 0) is 4.79 Å². The maximum Gasteiger partial charge on any atom is 0.271 e. The molecule has 2 aromatic carbocycles. The number of hydrazone groups is 1.